The Morgan fingerprint density at radius 2 is 2.19 bits per heavy atom. The Hall–Kier alpha value is -1.31. The summed E-state index contributed by atoms with van der Waals surface area (Å²) < 4.78 is 5.70. The summed E-state index contributed by atoms with van der Waals surface area (Å²) in [5.74, 6) is 1.24. The van der Waals surface area contributed by atoms with E-state index in [0.717, 1.165) is 11.3 Å². The minimum absolute atomic E-state index is 0. The van der Waals surface area contributed by atoms with E-state index in [2.05, 4.69) is 41.5 Å². The second kappa shape index (κ2) is 10.3. The maximum atomic E-state index is 5.70. The second-order valence-corrected chi connectivity index (χ2v) is 6.85. The zero-order valence-electron chi connectivity index (χ0n) is 16.2. The van der Waals surface area contributed by atoms with Crippen molar-refractivity contribution in [3.05, 3.63) is 67.5 Å². The van der Waals surface area contributed by atoms with E-state index in [0.29, 0.717) is 30.5 Å². The fourth-order valence-corrected chi connectivity index (χ4v) is 4.07. The molecule has 2 aliphatic heterocycles. The molecular formula is C22H27N3OU. The number of pyridine rings is 2. The van der Waals surface area contributed by atoms with Crippen LogP contribution >= 0.6 is 0 Å². The van der Waals surface area contributed by atoms with E-state index in [9.17, 15) is 0 Å². The molecule has 0 N–H and O–H groups in total. The van der Waals surface area contributed by atoms with Crippen molar-refractivity contribution < 1.29 is 35.9 Å². The summed E-state index contributed by atoms with van der Waals surface area (Å²) >= 11 is 0. The molecule has 0 amide bonds. The van der Waals surface area contributed by atoms with Crippen LogP contribution in [0.3, 0.4) is 0 Å². The van der Waals surface area contributed by atoms with E-state index in [1.165, 1.54) is 24.8 Å². The molecule has 0 aromatic carbocycles. The predicted octanol–water partition coefficient (Wildman–Crippen LogP) is 4.33. The van der Waals surface area contributed by atoms with Gasteiger partial charge in [-0.3, -0.25) is 0 Å². The summed E-state index contributed by atoms with van der Waals surface area (Å²) in [5, 5.41) is 0. The van der Waals surface area contributed by atoms with E-state index >= 15 is 0 Å². The Balaban J connectivity index is 0.000000320. The molecule has 2 bridgehead atoms. The van der Waals surface area contributed by atoms with Crippen LogP contribution in [-0.4, -0.2) is 33.6 Å². The quantitative estimate of drug-likeness (QED) is 0.500. The van der Waals surface area contributed by atoms with Gasteiger partial charge < -0.3 is 21.5 Å². The molecule has 2 aromatic rings. The van der Waals surface area contributed by atoms with E-state index < -0.39 is 0 Å². The van der Waals surface area contributed by atoms with Crippen LogP contribution in [0.5, 0.6) is 5.88 Å². The molecule has 27 heavy (non-hydrogen) atoms. The van der Waals surface area contributed by atoms with Gasteiger partial charge in [0.2, 0.25) is 5.88 Å². The summed E-state index contributed by atoms with van der Waals surface area (Å²) in [6.07, 6.45) is 9.83. The smallest absolute Gasteiger partial charge is 0.477 e. The Kier molecular flexibility index (Phi) is 8.38. The first kappa shape index (κ1) is 22.0. The van der Waals surface area contributed by atoms with Crippen LogP contribution in [0.25, 0.3) is 5.70 Å². The summed E-state index contributed by atoms with van der Waals surface area (Å²) in [5.41, 5.74) is 3.32. The molecule has 0 saturated carbocycles. The van der Waals surface area contributed by atoms with Crippen LogP contribution in [0.4, 0.5) is 0 Å². The van der Waals surface area contributed by atoms with E-state index in [4.69, 9.17) is 4.74 Å². The summed E-state index contributed by atoms with van der Waals surface area (Å²) in [6.45, 7) is 13.4. The molecule has 140 valence electrons. The van der Waals surface area contributed by atoms with Gasteiger partial charge in [-0.2, -0.15) is 18.2 Å². The molecule has 3 unspecified atom stereocenters. The van der Waals surface area contributed by atoms with Crippen molar-refractivity contribution in [2.24, 2.45) is 5.92 Å². The maximum Gasteiger partial charge on any atom is 2.00 e. The average molecular weight is 588 g/mol. The number of hydrogen-bond acceptors (Lipinski definition) is 4. The molecule has 4 heterocycles. The molecule has 5 heteroatoms. The van der Waals surface area contributed by atoms with Gasteiger partial charge in [0.25, 0.3) is 0 Å². The van der Waals surface area contributed by atoms with Crippen molar-refractivity contribution in [1.29, 1.82) is 0 Å². The van der Waals surface area contributed by atoms with Gasteiger partial charge in [-0.25, -0.2) is 4.98 Å². The zero-order valence-corrected chi connectivity index (χ0v) is 20.4. The minimum atomic E-state index is 0. The average Bonchev–Trinajstić information content (AvgIpc) is 3.20. The van der Waals surface area contributed by atoms with E-state index in [1.807, 2.05) is 25.1 Å². The third-order valence-electron chi connectivity index (χ3n) is 5.19. The molecule has 3 atom stereocenters. The molecule has 2 aromatic heterocycles. The number of nitrogens with zero attached hydrogens (tertiary/aromatic N) is 3. The predicted molar refractivity (Wildman–Crippen MR) is 104 cm³/mol. The van der Waals surface area contributed by atoms with E-state index in [1.54, 1.807) is 18.5 Å². The standard InChI is InChI=1S/C17H23N2O.C5H4N.U/c1-5-20-17-16(11(2)8-9-18-17)13(4)19-14-6-7-15(19)12(3)10-14;1-2-4-6-5-3-1;/h8-9,12,14-15H,3-7,10H2,1-2H3;1-4H;/q2*-1;+2. The molecule has 0 spiro atoms. The number of aromatic nitrogens is 2. The Morgan fingerprint density at radius 1 is 1.37 bits per heavy atom. The Morgan fingerprint density at radius 3 is 2.67 bits per heavy atom. The fraction of sp³-hybridized carbons (Fsp3) is 0.409. The largest absolute Gasteiger partial charge is 2.00 e. The number of hydrogen-bond donors (Lipinski definition) is 0. The topological polar surface area (TPSA) is 38.2 Å². The normalized spacial score (nSPS) is 22.5. The van der Waals surface area contributed by atoms with Crippen LogP contribution in [-0.2, 0) is 0 Å². The van der Waals surface area contributed by atoms with Crippen LogP contribution < -0.4 is 4.74 Å². The molecule has 2 saturated heterocycles. The third kappa shape index (κ3) is 4.95. The van der Waals surface area contributed by atoms with Gasteiger partial charge in [0, 0.05) is 24.0 Å². The minimum Gasteiger partial charge on any atom is -0.477 e. The summed E-state index contributed by atoms with van der Waals surface area (Å²) in [4.78, 5) is 10.5. The van der Waals surface area contributed by atoms with Gasteiger partial charge in [0.05, 0.1) is 12.2 Å². The Labute approximate surface area is 186 Å². The zero-order chi connectivity index (χ0) is 18.5. The first-order valence-corrected chi connectivity index (χ1v) is 9.29. The van der Waals surface area contributed by atoms with Crippen LogP contribution in [0.2, 0.25) is 0 Å². The maximum absolute atomic E-state index is 5.70. The SMILES string of the molecule is C=C(c1c(C)ccnc1OCC)N1C2CCC1C([CH2-])C2.[U+2].[c-]1ccccn1. The third-order valence-corrected chi connectivity index (χ3v) is 5.19. The number of ether oxygens (including phenoxy) is 1. The van der Waals surface area contributed by atoms with Gasteiger partial charge in [-0.05, 0) is 38.3 Å². The molecule has 4 rings (SSSR count). The van der Waals surface area contributed by atoms with Crippen molar-refractivity contribution in [1.82, 2.24) is 14.9 Å². The first-order chi connectivity index (χ1) is 12.6. The van der Waals surface area contributed by atoms with Crippen molar-refractivity contribution in [3.63, 3.8) is 0 Å². The first-order valence-electron chi connectivity index (χ1n) is 9.29. The molecular weight excluding hydrogens is 560 g/mol. The second-order valence-electron chi connectivity index (χ2n) is 6.85. The number of aryl methyl sites for hydroxylation is 1. The molecule has 0 radical (unpaired) electrons. The number of fused-ring (bicyclic) bond motifs is 2. The van der Waals surface area contributed by atoms with Crippen molar-refractivity contribution in [3.8, 4) is 5.88 Å². The molecule has 0 aliphatic carbocycles. The molecule has 4 nitrogen and oxygen atoms in total. The van der Waals surface area contributed by atoms with Gasteiger partial charge in [-0.1, -0.05) is 25.4 Å². The fourth-order valence-electron chi connectivity index (χ4n) is 4.07. The van der Waals surface area contributed by atoms with Gasteiger partial charge in [0.1, 0.15) is 0 Å². The van der Waals surface area contributed by atoms with Crippen LogP contribution in [0.1, 0.15) is 37.3 Å². The number of rotatable bonds is 4. The summed E-state index contributed by atoms with van der Waals surface area (Å²) in [6, 6.07) is 8.68. The van der Waals surface area contributed by atoms with Crippen molar-refractivity contribution in [2.75, 3.05) is 6.61 Å². The van der Waals surface area contributed by atoms with Crippen LogP contribution in [0.15, 0.2) is 43.2 Å². The summed E-state index contributed by atoms with van der Waals surface area (Å²) in [7, 11) is 0. The molecule has 2 aliphatic rings. The van der Waals surface area contributed by atoms with Gasteiger partial charge in [0.15, 0.2) is 0 Å². The van der Waals surface area contributed by atoms with Crippen LogP contribution in [0, 0.1) is 57.1 Å². The van der Waals surface area contributed by atoms with Gasteiger partial charge in [-0.15, -0.1) is 5.92 Å². The monoisotopic (exact) mass is 587 g/mol. The van der Waals surface area contributed by atoms with E-state index in [-0.39, 0.29) is 31.1 Å². The van der Waals surface area contributed by atoms with Crippen molar-refractivity contribution >= 4 is 5.70 Å². The van der Waals surface area contributed by atoms with Crippen molar-refractivity contribution in [2.45, 2.75) is 45.2 Å². The molecule has 2 fully saturated rings. The van der Waals surface area contributed by atoms with Gasteiger partial charge >= 0.3 is 31.1 Å². The Bertz CT molecular complexity index is 711.